The molecule has 4 aromatic carbocycles. The van der Waals surface area contributed by atoms with Crippen molar-refractivity contribution in [3.05, 3.63) is 211 Å². The van der Waals surface area contributed by atoms with E-state index in [2.05, 4.69) is 185 Å². The minimum atomic E-state index is -2.10. The van der Waals surface area contributed by atoms with Gasteiger partial charge in [-0.3, -0.25) is 0 Å². The molecule has 0 N–H and O–H groups in total. The molecule has 0 fully saturated rings. The molecule has 0 unspecified atom stereocenters. The molecule has 68 heavy (non-hydrogen) atoms. The van der Waals surface area contributed by atoms with Crippen molar-refractivity contribution in [3.63, 3.8) is 0 Å². The summed E-state index contributed by atoms with van der Waals surface area (Å²) >= 11 is 0. The lowest BCUT2D eigenvalue weighted by atomic mass is 9.97. The Bertz CT molecular complexity index is 3220. The number of benzene rings is 4. The average molecular weight is 911 g/mol. The lowest BCUT2D eigenvalue weighted by Crippen LogP contribution is -2.35. The van der Waals surface area contributed by atoms with Gasteiger partial charge in [-0.2, -0.15) is 13.7 Å². The van der Waals surface area contributed by atoms with Gasteiger partial charge in [0.2, 0.25) is 22.8 Å². The number of rotatable bonds is 4. The average Bonchev–Trinajstić information content (AvgIpc) is 3.31. The topological polar surface area (TPSA) is 15.5 Å². The monoisotopic (exact) mass is 911 g/mol. The predicted molar refractivity (Wildman–Crippen MR) is 288 cm³/mol. The van der Waals surface area contributed by atoms with Crippen molar-refractivity contribution in [3.8, 4) is 45.0 Å². The maximum Gasteiger partial charge on any atom is 0.215 e. The van der Waals surface area contributed by atoms with Gasteiger partial charge in [-0.1, -0.05) is 54.6 Å². The van der Waals surface area contributed by atoms with E-state index in [1.165, 1.54) is 95.1 Å². The highest BCUT2D eigenvalue weighted by Gasteiger charge is 2.21. The fourth-order valence-electron chi connectivity index (χ4n) is 8.95. The highest BCUT2D eigenvalue weighted by atomic mass is 15.0. The molecule has 0 aliphatic rings. The first-order chi connectivity index (χ1) is 34.5. The van der Waals surface area contributed by atoms with Crippen LogP contribution in [0, 0.1) is 111 Å². The Labute approximate surface area is 419 Å². The largest absolute Gasteiger partial charge is 0.215 e. The van der Waals surface area contributed by atoms with Crippen LogP contribution in [0.2, 0.25) is 0 Å². The molecular weight excluding hydrogens is 825 g/mol. The summed E-state index contributed by atoms with van der Waals surface area (Å²) < 4.78 is 54.0. The minimum absolute atomic E-state index is 0.360. The third kappa shape index (κ3) is 11.6. The minimum Gasteiger partial charge on any atom is -0.201 e. The maximum absolute atomic E-state index is 7.65. The summed E-state index contributed by atoms with van der Waals surface area (Å²) in [7, 11) is 8.00. The lowest BCUT2D eigenvalue weighted by Gasteiger charge is -2.10. The molecule has 4 heterocycles. The van der Waals surface area contributed by atoms with E-state index >= 15 is 0 Å². The third-order valence-electron chi connectivity index (χ3n) is 14.0. The van der Waals surface area contributed by atoms with Gasteiger partial charge in [0.1, 0.15) is 28.2 Å². The van der Waals surface area contributed by atoms with Crippen LogP contribution in [0.15, 0.2) is 121 Å². The molecule has 8 aromatic rings. The van der Waals surface area contributed by atoms with Crippen molar-refractivity contribution in [1.82, 2.24) is 0 Å². The number of hydrogen-bond donors (Lipinski definition) is 0. The van der Waals surface area contributed by atoms with E-state index in [4.69, 9.17) is 8.22 Å². The van der Waals surface area contributed by atoms with Crippen LogP contribution in [0.1, 0.15) is 97.6 Å². The summed E-state index contributed by atoms with van der Waals surface area (Å²) in [6, 6.07) is 39.7. The molecular formula is C64H80N4+4. The second-order valence-electron chi connectivity index (χ2n) is 18.8. The van der Waals surface area contributed by atoms with Gasteiger partial charge in [0.25, 0.3) is 0 Å². The van der Waals surface area contributed by atoms with Gasteiger partial charge >= 0.3 is 0 Å². The summed E-state index contributed by atoms with van der Waals surface area (Å²) in [5.74, 6) is 0. The van der Waals surface area contributed by atoms with E-state index in [9.17, 15) is 0 Å². The molecule has 4 heteroatoms. The highest BCUT2D eigenvalue weighted by molar-refractivity contribution is 5.68. The van der Waals surface area contributed by atoms with Crippen molar-refractivity contribution in [2.75, 3.05) is 0 Å². The van der Waals surface area contributed by atoms with Crippen molar-refractivity contribution in [1.29, 1.82) is 0 Å². The number of aromatic nitrogens is 4. The summed E-state index contributed by atoms with van der Waals surface area (Å²) in [5, 5.41) is 0. The van der Waals surface area contributed by atoms with Crippen LogP contribution in [0.4, 0.5) is 0 Å². The Balaban J connectivity index is 0.000000183. The van der Waals surface area contributed by atoms with Crippen LogP contribution >= 0.6 is 0 Å². The Morgan fingerprint density at radius 3 is 1.03 bits per heavy atom. The summed E-state index contributed by atoms with van der Waals surface area (Å²) in [5.41, 5.74) is 27.7. The number of nitrogens with zero attached hydrogens (tertiary/aromatic N) is 4. The lowest BCUT2D eigenvalue weighted by molar-refractivity contribution is -0.667. The van der Waals surface area contributed by atoms with E-state index in [-0.39, 0.29) is 0 Å². The van der Waals surface area contributed by atoms with Crippen molar-refractivity contribution >= 4 is 0 Å². The molecule has 0 amide bonds. The zero-order valence-electron chi connectivity index (χ0n) is 50.3. The molecule has 0 saturated heterocycles. The van der Waals surface area contributed by atoms with E-state index in [0.29, 0.717) is 11.3 Å². The van der Waals surface area contributed by atoms with E-state index < -0.39 is 13.7 Å². The SMILES string of the molecule is Cc1cccc(-c2c(C)ccc(C)[n+]2C)c1C.Cc1cccc(-c2c(C)ccc(C)[n+]2C)c1C.[2H]C([2H])([2H])c1c[n+](C)c(-c2c(C)cccc2C)cc1C.[2H]C([2H])([2H])c1ccc(C)c(-c2cccc(C)c2C)[n+]1C. The Hall–Kier alpha value is -6.52. The third-order valence-corrected chi connectivity index (χ3v) is 14.0. The molecule has 0 aliphatic carbocycles. The summed E-state index contributed by atoms with van der Waals surface area (Å²) in [4.78, 5) is 0. The van der Waals surface area contributed by atoms with E-state index in [0.717, 1.165) is 28.1 Å². The molecule has 8 rings (SSSR count). The van der Waals surface area contributed by atoms with Gasteiger partial charge in [0, 0.05) is 92.1 Å². The molecule has 0 radical (unpaired) electrons. The standard InChI is InChI=1S/4C16H20N/c1-11-7-6-8-12(2)16(11)15-9-13(3)14(4)10-17(15)5;3*1-11-7-6-8-15(14(11)4)16-12(2)9-10-13(3)17(16)5/h4*6-10H,1-5H3/q4*+1/i4D3;3D3;;. The first kappa shape index (κ1) is 44.0. The number of hydrogen-bond acceptors (Lipinski definition) is 0. The van der Waals surface area contributed by atoms with E-state index in [1.54, 1.807) is 16.8 Å². The molecule has 352 valence electrons. The smallest absolute Gasteiger partial charge is 0.201 e. The molecule has 4 aromatic heterocycles. The predicted octanol–water partition coefficient (Wildman–Crippen LogP) is 13.6. The molecule has 0 saturated carbocycles. The zero-order valence-corrected chi connectivity index (χ0v) is 44.3. The van der Waals surface area contributed by atoms with Gasteiger partial charge in [0.05, 0.1) is 5.56 Å². The fraction of sp³-hybridized carbons (Fsp3) is 0.312. The Morgan fingerprint density at radius 1 is 0.324 bits per heavy atom. The van der Waals surface area contributed by atoms with Gasteiger partial charge < -0.3 is 0 Å². The van der Waals surface area contributed by atoms with Crippen molar-refractivity contribution < 1.29 is 26.5 Å². The number of pyridine rings is 4. The summed E-state index contributed by atoms with van der Waals surface area (Å²) in [6.07, 6.45) is 1.73. The van der Waals surface area contributed by atoms with Crippen LogP contribution in [0.25, 0.3) is 45.0 Å². The van der Waals surface area contributed by atoms with Crippen molar-refractivity contribution in [2.24, 2.45) is 28.2 Å². The highest BCUT2D eigenvalue weighted by Crippen LogP contribution is 2.29. The quantitative estimate of drug-likeness (QED) is 0.156. The van der Waals surface area contributed by atoms with Gasteiger partial charge in [0.15, 0.2) is 23.3 Å². The fourth-order valence-corrected chi connectivity index (χ4v) is 8.95. The molecule has 0 spiro atoms. The van der Waals surface area contributed by atoms with Crippen molar-refractivity contribution in [2.45, 2.75) is 111 Å². The zero-order chi connectivity index (χ0) is 55.3. The molecule has 0 aliphatic heterocycles. The Morgan fingerprint density at radius 2 is 0.662 bits per heavy atom. The number of aryl methyl sites for hydroxylation is 14. The van der Waals surface area contributed by atoms with Crippen LogP contribution in [0.5, 0.6) is 0 Å². The van der Waals surface area contributed by atoms with Gasteiger partial charge in [-0.05, 0) is 176 Å². The van der Waals surface area contributed by atoms with Crippen LogP contribution in [0.3, 0.4) is 0 Å². The summed E-state index contributed by atoms with van der Waals surface area (Å²) in [6.45, 7) is 25.4. The van der Waals surface area contributed by atoms with Crippen LogP contribution < -0.4 is 18.3 Å². The second kappa shape index (κ2) is 22.5. The maximum atomic E-state index is 7.65. The molecule has 0 bridgehead atoms. The first-order valence-electron chi connectivity index (χ1n) is 26.7. The second-order valence-corrected chi connectivity index (χ2v) is 18.8. The normalized spacial score (nSPS) is 12.3. The van der Waals surface area contributed by atoms with E-state index in [1.807, 2.05) is 62.8 Å². The van der Waals surface area contributed by atoms with Gasteiger partial charge in [-0.15, -0.1) is 0 Å². The van der Waals surface area contributed by atoms with Crippen LogP contribution in [-0.2, 0) is 28.2 Å². The first-order valence-corrected chi connectivity index (χ1v) is 23.7. The molecule has 0 atom stereocenters. The van der Waals surface area contributed by atoms with Crippen LogP contribution in [-0.4, -0.2) is 0 Å². The van der Waals surface area contributed by atoms with Gasteiger partial charge in [-0.25, -0.2) is 4.57 Å². The molecule has 4 nitrogen and oxygen atoms in total. The Kier molecular flexibility index (Phi) is 14.6.